The van der Waals surface area contributed by atoms with Crippen molar-refractivity contribution in [2.45, 2.75) is 13.3 Å². The van der Waals surface area contributed by atoms with E-state index < -0.39 is 22.5 Å². The minimum absolute atomic E-state index is 0.109. The number of rotatable bonds is 6. The third-order valence-electron chi connectivity index (χ3n) is 2.72. The number of carbonyl (C=O) groups is 2. The van der Waals surface area contributed by atoms with E-state index in [0.29, 0.717) is 6.42 Å². The van der Waals surface area contributed by atoms with E-state index in [0.717, 1.165) is 6.07 Å². The molecule has 114 valence electrons. The van der Waals surface area contributed by atoms with Crippen LogP contribution in [-0.4, -0.2) is 41.9 Å². The summed E-state index contributed by atoms with van der Waals surface area (Å²) < 4.78 is 4.52. The van der Waals surface area contributed by atoms with Crippen molar-refractivity contribution in [2.24, 2.45) is 0 Å². The number of carbonyl (C=O) groups excluding carboxylic acids is 2. The van der Waals surface area contributed by atoms with Gasteiger partial charge in [-0.15, -0.1) is 0 Å². The van der Waals surface area contributed by atoms with E-state index in [1.807, 2.05) is 6.92 Å². The molecule has 1 aromatic carbocycles. The lowest BCUT2D eigenvalue weighted by atomic mass is 10.1. The van der Waals surface area contributed by atoms with Gasteiger partial charge in [-0.1, -0.05) is 18.5 Å². The Labute approximate surface area is 126 Å². The smallest absolute Gasteiger partial charge is 0.325 e. The second-order valence-electron chi connectivity index (χ2n) is 4.22. The van der Waals surface area contributed by atoms with Gasteiger partial charge in [0.15, 0.2) is 0 Å². The van der Waals surface area contributed by atoms with Crippen molar-refractivity contribution in [3.05, 3.63) is 38.9 Å². The number of methoxy groups -OCH3 is 1. The van der Waals surface area contributed by atoms with Gasteiger partial charge in [-0.25, -0.2) is 0 Å². The van der Waals surface area contributed by atoms with Gasteiger partial charge in [0.25, 0.3) is 11.6 Å². The molecule has 0 heterocycles. The van der Waals surface area contributed by atoms with Gasteiger partial charge in [0.2, 0.25) is 0 Å². The fraction of sp³-hybridized carbons (Fsp3) is 0.385. The average Bonchev–Trinajstić information content (AvgIpc) is 2.45. The van der Waals surface area contributed by atoms with Gasteiger partial charge in [-0.05, 0) is 18.6 Å². The van der Waals surface area contributed by atoms with Crippen molar-refractivity contribution in [3.63, 3.8) is 0 Å². The largest absolute Gasteiger partial charge is 0.468 e. The zero-order valence-corrected chi connectivity index (χ0v) is 12.4. The number of amides is 1. The molecule has 0 saturated carbocycles. The van der Waals surface area contributed by atoms with Crippen LogP contribution in [0.1, 0.15) is 23.7 Å². The molecule has 1 amide bonds. The lowest BCUT2D eigenvalue weighted by molar-refractivity contribution is -0.385. The Kier molecular flexibility index (Phi) is 6.10. The predicted molar refractivity (Wildman–Crippen MR) is 76.3 cm³/mol. The summed E-state index contributed by atoms with van der Waals surface area (Å²) in [5.74, 6) is -1.20. The fourth-order valence-corrected chi connectivity index (χ4v) is 1.92. The number of benzene rings is 1. The first kappa shape index (κ1) is 16.9. The molecule has 1 rings (SSSR count). The molecule has 0 bridgehead atoms. The van der Waals surface area contributed by atoms with E-state index in [2.05, 4.69) is 4.74 Å². The molecule has 0 unspecified atom stereocenters. The molecule has 0 aromatic heterocycles. The van der Waals surface area contributed by atoms with Crippen LogP contribution in [0.2, 0.25) is 5.02 Å². The maximum absolute atomic E-state index is 12.4. The molecule has 0 aliphatic carbocycles. The number of halogens is 1. The highest BCUT2D eigenvalue weighted by atomic mass is 35.5. The molecule has 0 spiro atoms. The van der Waals surface area contributed by atoms with Crippen molar-refractivity contribution in [1.29, 1.82) is 0 Å². The van der Waals surface area contributed by atoms with Crippen LogP contribution in [0.15, 0.2) is 18.2 Å². The molecule has 7 nitrogen and oxygen atoms in total. The number of nitro benzene ring substituents is 1. The van der Waals surface area contributed by atoms with E-state index in [-0.39, 0.29) is 23.7 Å². The first-order chi connectivity index (χ1) is 9.90. The van der Waals surface area contributed by atoms with Crippen LogP contribution < -0.4 is 0 Å². The number of esters is 1. The van der Waals surface area contributed by atoms with Crippen LogP contribution in [0.4, 0.5) is 5.69 Å². The van der Waals surface area contributed by atoms with E-state index in [4.69, 9.17) is 11.6 Å². The van der Waals surface area contributed by atoms with Crippen molar-refractivity contribution in [1.82, 2.24) is 4.90 Å². The maximum atomic E-state index is 12.4. The van der Waals surface area contributed by atoms with E-state index in [1.165, 1.54) is 24.1 Å². The zero-order valence-electron chi connectivity index (χ0n) is 11.7. The number of hydrogen-bond donors (Lipinski definition) is 0. The highest BCUT2D eigenvalue weighted by Gasteiger charge is 2.26. The topological polar surface area (TPSA) is 89.8 Å². The fourth-order valence-electron chi connectivity index (χ4n) is 1.75. The third kappa shape index (κ3) is 4.42. The summed E-state index contributed by atoms with van der Waals surface area (Å²) in [5.41, 5.74) is -0.500. The number of ether oxygens (including phenoxy) is 1. The molecular formula is C13H15ClN2O5. The Hall–Kier alpha value is -2.15. The van der Waals surface area contributed by atoms with Gasteiger partial charge in [0.05, 0.1) is 12.0 Å². The van der Waals surface area contributed by atoms with Crippen molar-refractivity contribution >= 4 is 29.2 Å². The Morgan fingerprint density at radius 2 is 2.10 bits per heavy atom. The van der Waals surface area contributed by atoms with E-state index >= 15 is 0 Å². The molecule has 0 aliphatic heterocycles. The predicted octanol–water partition coefficient (Wildman–Crippen LogP) is 2.27. The Morgan fingerprint density at radius 1 is 1.43 bits per heavy atom. The maximum Gasteiger partial charge on any atom is 0.325 e. The van der Waals surface area contributed by atoms with E-state index in [9.17, 15) is 19.7 Å². The standard InChI is InChI=1S/C13H15ClN2O5/c1-3-6-15(8-12(17)21-2)13(18)10-5-4-9(14)7-11(10)16(19)20/h4-5,7H,3,6,8H2,1-2H3. The molecule has 0 N–H and O–H groups in total. The molecule has 8 heteroatoms. The Bertz CT molecular complexity index is 561. The molecule has 0 saturated heterocycles. The molecule has 0 radical (unpaired) electrons. The van der Waals surface area contributed by atoms with Gasteiger partial charge in [0, 0.05) is 17.6 Å². The summed E-state index contributed by atoms with van der Waals surface area (Å²) in [5, 5.41) is 11.2. The molecule has 0 atom stereocenters. The number of nitro groups is 1. The first-order valence-corrected chi connectivity index (χ1v) is 6.58. The lowest BCUT2D eigenvalue weighted by Gasteiger charge is -2.20. The molecular weight excluding hydrogens is 300 g/mol. The average molecular weight is 315 g/mol. The highest BCUT2D eigenvalue weighted by Crippen LogP contribution is 2.24. The van der Waals surface area contributed by atoms with Crippen LogP contribution in [0, 0.1) is 10.1 Å². The zero-order chi connectivity index (χ0) is 16.0. The quantitative estimate of drug-likeness (QED) is 0.456. The van der Waals surface area contributed by atoms with Crippen molar-refractivity contribution in [2.75, 3.05) is 20.2 Å². The second-order valence-corrected chi connectivity index (χ2v) is 4.66. The number of hydrogen-bond acceptors (Lipinski definition) is 5. The van der Waals surface area contributed by atoms with Crippen molar-refractivity contribution in [3.8, 4) is 0 Å². The van der Waals surface area contributed by atoms with Crippen LogP contribution in [-0.2, 0) is 9.53 Å². The summed E-state index contributed by atoms with van der Waals surface area (Å²) in [4.78, 5) is 35.3. The first-order valence-electron chi connectivity index (χ1n) is 6.20. The Balaban J connectivity index is 3.14. The molecule has 1 aromatic rings. The third-order valence-corrected chi connectivity index (χ3v) is 2.95. The Morgan fingerprint density at radius 3 is 2.62 bits per heavy atom. The monoisotopic (exact) mass is 314 g/mol. The highest BCUT2D eigenvalue weighted by molar-refractivity contribution is 6.31. The van der Waals surface area contributed by atoms with Gasteiger partial charge in [0.1, 0.15) is 12.1 Å². The van der Waals surface area contributed by atoms with Crippen LogP contribution >= 0.6 is 11.6 Å². The summed E-state index contributed by atoms with van der Waals surface area (Å²) in [6.45, 7) is 1.85. The van der Waals surface area contributed by atoms with Crippen LogP contribution in [0.25, 0.3) is 0 Å². The minimum atomic E-state index is -0.679. The van der Waals surface area contributed by atoms with Gasteiger partial charge >= 0.3 is 5.97 Å². The lowest BCUT2D eigenvalue weighted by Crippen LogP contribution is -2.37. The van der Waals surface area contributed by atoms with Crippen molar-refractivity contribution < 1.29 is 19.2 Å². The summed E-state index contributed by atoms with van der Waals surface area (Å²) in [6.07, 6.45) is 0.601. The van der Waals surface area contributed by atoms with Crippen LogP contribution in [0.5, 0.6) is 0 Å². The van der Waals surface area contributed by atoms with Gasteiger partial charge < -0.3 is 9.64 Å². The summed E-state index contributed by atoms with van der Waals surface area (Å²) >= 11 is 5.71. The SMILES string of the molecule is CCCN(CC(=O)OC)C(=O)c1ccc(Cl)cc1[N+](=O)[O-]. The van der Waals surface area contributed by atoms with Crippen LogP contribution in [0.3, 0.4) is 0 Å². The number of nitrogens with zero attached hydrogens (tertiary/aromatic N) is 2. The van der Waals surface area contributed by atoms with Gasteiger partial charge in [-0.2, -0.15) is 0 Å². The second kappa shape index (κ2) is 7.58. The molecule has 21 heavy (non-hydrogen) atoms. The normalized spacial score (nSPS) is 10.0. The summed E-state index contributed by atoms with van der Waals surface area (Å²) in [7, 11) is 1.21. The summed E-state index contributed by atoms with van der Waals surface area (Å²) in [6, 6.07) is 3.78. The van der Waals surface area contributed by atoms with E-state index in [1.54, 1.807) is 0 Å². The molecule has 0 aliphatic rings. The molecule has 0 fully saturated rings. The minimum Gasteiger partial charge on any atom is -0.468 e. The van der Waals surface area contributed by atoms with Gasteiger partial charge in [-0.3, -0.25) is 19.7 Å².